The van der Waals surface area contributed by atoms with Crippen molar-refractivity contribution in [2.75, 3.05) is 46.2 Å². The maximum Gasteiger partial charge on any atom is 0.250 e. The van der Waals surface area contributed by atoms with E-state index in [2.05, 4.69) is 46.6 Å². The van der Waals surface area contributed by atoms with Gasteiger partial charge in [-0.2, -0.15) is 0 Å². The number of aliphatic imine (C=N–C) groups is 1. The molecule has 0 unspecified atom stereocenters. The Morgan fingerprint density at radius 2 is 1.83 bits per heavy atom. The zero-order chi connectivity index (χ0) is 30.6. The van der Waals surface area contributed by atoms with Crippen molar-refractivity contribution in [3.63, 3.8) is 0 Å². The second-order valence-electron chi connectivity index (χ2n) is 10.6. The zero-order valence-electron chi connectivity index (χ0n) is 25.6. The fourth-order valence-corrected chi connectivity index (χ4v) is 5.06. The molecule has 1 amide bonds. The van der Waals surface area contributed by atoms with Gasteiger partial charge >= 0.3 is 0 Å². The Kier molecular flexibility index (Phi) is 9.28. The van der Waals surface area contributed by atoms with Gasteiger partial charge in [0.2, 0.25) is 5.91 Å². The van der Waals surface area contributed by atoms with Crippen LogP contribution in [0.15, 0.2) is 72.5 Å². The second-order valence-corrected chi connectivity index (χ2v) is 10.6. The number of allylic oxidation sites excluding steroid dienone is 1. The number of rotatable bonds is 10. The average molecular weight is 567 g/mol. The molecule has 0 radical (unpaired) electrons. The summed E-state index contributed by atoms with van der Waals surface area (Å²) in [7, 11) is 7.56. The monoisotopic (exact) mass is 566 g/mol. The van der Waals surface area contributed by atoms with Crippen molar-refractivity contribution in [1.82, 2.24) is 14.9 Å². The fraction of sp³-hybridized carbons (Fsp3) is 0.265. The lowest BCUT2D eigenvalue weighted by Gasteiger charge is -2.19. The number of nitrogens with one attached hydrogen (secondary N) is 1. The standard InChI is InChI=1S/C34H40N6O2.H2/c1-9-30(41)40(8)29-18-25(11-10-21(29)2)32-31-22(3)28(27(19-35)23(4)36-5)20-37-34(31)38-33(32)24-12-14-26(15-13-24)42-17-16-39(6)7;/h9-15,18-20H,1,16-17,35H2,2-8H3,(H,37,38);1H/b27-19+,36-23?;. The third-order valence-electron chi connectivity index (χ3n) is 7.58. The van der Waals surface area contributed by atoms with Gasteiger partial charge in [-0.05, 0) is 93.5 Å². The first kappa shape index (κ1) is 30.3. The molecule has 0 atom stereocenters. The highest BCUT2D eigenvalue weighted by molar-refractivity contribution is 6.23. The second kappa shape index (κ2) is 12.9. The highest BCUT2D eigenvalue weighted by Gasteiger charge is 2.22. The topological polar surface area (TPSA) is 99.8 Å². The minimum Gasteiger partial charge on any atom is -0.492 e. The summed E-state index contributed by atoms with van der Waals surface area (Å²) in [6.45, 7) is 11.1. The summed E-state index contributed by atoms with van der Waals surface area (Å²) in [5, 5.41) is 0.976. The Morgan fingerprint density at radius 3 is 2.45 bits per heavy atom. The lowest BCUT2D eigenvalue weighted by molar-refractivity contribution is -0.113. The first-order valence-electron chi connectivity index (χ1n) is 13.9. The molecular formula is C34H42N6O2. The van der Waals surface area contributed by atoms with Gasteiger partial charge in [0, 0.05) is 67.9 Å². The van der Waals surface area contributed by atoms with Gasteiger partial charge in [0.15, 0.2) is 0 Å². The number of hydrogen-bond donors (Lipinski definition) is 2. The number of nitrogens with two attached hydrogens (primary N) is 1. The summed E-state index contributed by atoms with van der Waals surface area (Å²) in [4.78, 5) is 29.0. The smallest absolute Gasteiger partial charge is 0.250 e. The van der Waals surface area contributed by atoms with Crippen LogP contribution >= 0.6 is 0 Å². The fourth-order valence-electron chi connectivity index (χ4n) is 5.06. The van der Waals surface area contributed by atoms with Gasteiger partial charge in [0.25, 0.3) is 0 Å². The largest absolute Gasteiger partial charge is 0.492 e. The molecule has 4 aromatic rings. The number of likely N-dealkylation sites (N-methyl/N-ethyl adjacent to an activating group) is 2. The Hall–Kier alpha value is -4.69. The van der Waals surface area contributed by atoms with Gasteiger partial charge in [0.05, 0.1) is 5.69 Å². The van der Waals surface area contributed by atoms with Crippen LogP contribution in [0.25, 0.3) is 39.0 Å². The molecule has 0 aliphatic heterocycles. The Labute approximate surface area is 249 Å². The molecule has 2 aromatic carbocycles. The van der Waals surface area contributed by atoms with Crippen LogP contribution in [0.2, 0.25) is 0 Å². The number of fused-ring (bicyclic) bond motifs is 1. The number of carbonyl (C=O) groups is 1. The lowest BCUT2D eigenvalue weighted by Crippen LogP contribution is -2.24. The van der Waals surface area contributed by atoms with Gasteiger partial charge in [-0.25, -0.2) is 4.98 Å². The van der Waals surface area contributed by atoms with E-state index in [9.17, 15) is 4.79 Å². The minimum absolute atomic E-state index is 0. The van der Waals surface area contributed by atoms with E-state index in [0.717, 1.165) is 79.4 Å². The normalized spacial score (nSPS) is 12.2. The van der Waals surface area contributed by atoms with E-state index in [0.29, 0.717) is 6.61 Å². The summed E-state index contributed by atoms with van der Waals surface area (Å²) in [6.07, 6.45) is 4.75. The van der Waals surface area contributed by atoms with Gasteiger partial charge < -0.3 is 25.3 Å². The molecule has 8 nitrogen and oxygen atoms in total. The Morgan fingerprint density at radius 1 is 1.14 bits per heavy atom. The summed E-state index contributed by atoms with van der Waals surface area (Å²) in [6, 6.07) is 14.2. The molecule has 42 heavy (non-hydrogen) atoms. The summed E-state index contributed by atoms with van der Waals surface area (Å²) in [5.41, 5.74) is 16.1. The van der Waals surface area contributed by atoms with Crippen molar-refractivity contribution < 1.29 is 11.0 Å². The molecule has 0 saturated carbocycles. The highest BCUT2D eigenvalue weighted by atomic mass is 16.5. The molecule has 4 rings (SSSR count). The van der Waals surface area contributed by atoms with Crippen molar-refractivity contribution in [3.05, 3.63) is 84.2 Å². The molecule has 0 spiro atoms. The van der Waals surface area contributed by atoms with Crippen molar-refractivity contribution in [2.45, 2.75) is 20.8 Å². The molecule has 0 aliphatic rings. The molecular weight excluding hydrogens is 524 g/mol. The number of amides is 1. The molecule has 0 fully saturated rings. The van der Waals surface area contributed by atoms with Gasteiger partial charge in [-0.3, -0.25) is 9.79 Å². The molecule has 0 bridgehead atoms. The zero-order valence-corrected chi connectivity index (χ0v) is 25.6. The van der Waals surface area contributed by atoms with Crippen molar-refractivity contribution in [2.24, 2.45) is 10.7 Å². The van der Waals surface area contributed by atoms with E-state index in [-0.39, 0.29) is 7.33 Å². The van der Waals surface area contributed by atoms with Crippen molar-refractivity contribution in [3.8, 4) is 28.1 Å². The average Bonchev–Trinajstić information content (AvgIpc) is 3.38. The van der Waals surface area contributed by atoms with Crippen LogP contribution < -0.4 is 15.4 Å². The summed E-state index contributed by atoms with van der Waals surface area (Å²) in [5.74, 6) is 0.635. The predicted molar refractivity (Wildman–Crippen MR) is 177 cm³/mol. The van der Waals surface area contributed by atoms with E-state index in [4.69, 9.17) is 15.5 Å². The quantitative estimate of drug-likeness (QED) is 0.175. The molecule has 8 heteroatoms. The van der Waals surface area contributed by atoms with E-state index in [1.54, 1.807) is 25.2 Å². The first-order valence-corrected chi connectivity index (χ1v) is 13.9. The number of pyridine rings is 1. The molecule has 0 aliphatic carbocycles. The minimum atomic E-state index is -0.175. The number of H-pyrrole nitrogens is 1. The summed E-state index contributed by atoms with van der Waals surface area (Å²) < 4.78 is 5.94. The number of anilines is 1. The first-order chi connectivity index (χ1) is 20.1. The van der Waals surface area contributed by atoms with Crippen LogP contribution in [0.3, 0.4) is 0 Å². The molecule has 220 valence electrons. The van der Waals surface area contributed by atoms with Gasteiger partial charge in [-0.15, -0.1) is 0 Å². The molecule has 2 heterocycles. The van der Waals surface area contributed by atoms with Crippen LogP contribution in [0.4, 0.5) is 5.69 Å². The van der Waals surface area contributed by atoms with Crippen LogP contribution in [-0.4, -0.2) is 67.8 Å². The Balaban J connectivity index is 0.00000506. The predicted octanol–water partition coefficient (Wildman–Crippen LogP) is 6.24. The van der Waals surface area contributed by atoms with Crippen LogP contribution in [0, 0.1) is 13.8 Å². The van der Waals surface area contributed by atoms with E-state index < -0.39 is 0 Å². The van der Waals surface area contributed by atoms with E-state index >= 15 is 0 Å². The van der Waals surface area contributed by atoms with Crippen molar-refractivity contribution in [1.29, 1.82) is 0 Å². The highest BCUT2D eigenvalue weighted by Crippen LogP contribution is 2.42. The number of hydrogen-bond acceptors (Lipinski definition) is 6. The molecule has 2 aromatic heterocycles. The number of aromatic nitrogens is 2. The lowest BCUT2D eigenvalue weighted by atomic mass is 9.92. The van der Waals surface area contributed by atoms with E-state index in [1.165, 1.54) is 6.08 Å². The SMILES string of the molecule is C=CC(=O)N(C)c1cc(-c2c(-c3ccc(OCCN(C)C)cc3)[nH]c3ncc(/C(=C/N)C(C)=NC)c(C)c23)ccc1C.[HH]. The number of nitrogens with zero attached hydrogens (tertiary/aromatic N) is 4. The number of aryl methyl sites for hydroxylation is 2. The van der Waals surface area contributed by atoms with Crippen molar-refractivity contribution >= 4 is 33.9 Å². The van der Waals surface area contributed by atoms with Crippen LogP contribution in [-0.2, 0) is 4.79 Å². The molecule has 0 saturated heterocycles. The van der Waals surface area contributed by atoms with Gasteiger partial charge in [-0.1, -0.05) is 18.7 Å². The third kappa shape index (κ3) is 5.99. The number of aromatic amines is 1. The number of carbonyl (C=O) groups excluding carboxylic acids is 1. The van der Waals surface area contributed by atoms with Gasteiger partial charge in [0.1, 0.15) is 18.0 Å². The van der Waals surface area contributed by atoms with Crippen LogP contribution in [0.1, 0.15) is 25.0 Å². The van der Waals surface area contributed by atoms with Crippen LogP contribution in [0.5, 0.6) is 5.75 Å². The van der Waals surface area contributed by atoms with E-state index in [1.807, 2.05) is 58.4 Å². The summed E-state index contributed by atoms with van der Waals surface area (Å²) >= 11 is 0. The molecule has 3 N–H and O–H groups in total. The number of ether oxygens (including phenoxy) is 1. The Bertz CT molecular complexity index is 1690. The number of benzene rings is 2. The third-order valence-corrected chi connectivity index (χ3v) is 7.58. The maximum atomic E-state index is 12.6. The maximum absolute atomic E-state index is 12.6.